The quantitative estimate of drug-likeness (QED) is 0.644. The Bertz CT molecular complexity index is 764. The van der Waals surface area contributed by atoms with E-state index in [1.54, 1.807) is 0 Å². The highest BCUT2D eigenvalue weighted by Crippen LogP contribution is 2.16. The SMILES string of the molecule is CN(Cc1ccc(C(=O)c2ccccc2)cc1)c1ccccc1. The fourth-order valence-electron chi connectivity index (χ4n) is 2.57. The van der Waals surface area contributed by atoms with Crippen LogP contribution >= 0.6 is 0 Å². The van der Waals surface area contributed by atoms with Crippen LogP contribution in [0.1, 0.15) is 21.5 Å². The Morgan fingerprint density at radius 1 is 0.739 bits per heavy atom. The van der Waals surface area contributed by atoms with Crippen LogP contribution in [0.5, 0.6) is 0 Å². The molecule has 0 fully saturated rings. The molecule has 3 rings (SSSR count). The highest BCUT2D eigenvalue weighted by molar-refractivity contribution is 6.08. The van der Waals surface area contributed by atoms with Gasteiger partial charge in [-0.15, -0.1) is 0 Å². The first-order valence-electron chi connectivity index (χ1n) is 7.69. The largest absolute Gasteiger partial charge is 0.370 e. The van der Waals surface area contributed by atoms with Crippen LogP contribution in [0.25, 0.3) is 0 Å². The molecule has 0 saturated carbocycles. The lowest BCUT2D eigenvalue weighted by Gasteiger charge is -2.19. The Kier molecular flexibility index (Phi) is 4.53. The molecule has 114 valence electrons. The normalized spacial score (nSPS) is 10.3. The van der Waals surface area contributed by atoms with Crippen LogP contribution in [0.2, 0.25) is 0 Å². The van der Waals surface area contributed by atoms with E-state index in [1.165, 1.54) is 11.3 Å². The molecule has 0 bridgehead atoms. The molecule has 23 heavy (non-hydrogen) atoms. The average molecular weight is 301 g/mol. The lowest BCUT2D eigenvalue weighted by molar-refractivity contribution is 0.103. The van der Waals surface area contributed by atoms with Crippen LogP contribution in [0, 0.1) is 0 Å². The van der Waals surface area contributed by atoms with E-state index in [2.05, 4.69) is 24.1 Å². The van der Waals surface area contributed by atoms with Gasteiger partial charge >= 0.3 is 0 Å². The van der Waals surface area contributed by atoms with Gasteiger partial charge in [-0.2, -0.15) is 0 Å². The number of benzene rings is 3. The molecule has 2 nitrogen and oxygen atoms in total. The molecule has 2 heteroatoms. The second kappa shape index (κ2) is 6.93. The van der Waals surface area contributed by atoms with Crippen LogP contribution in [0.3, 0.4) is 0 Å². The molecule has 0 aliphatic carbocycles. The van der Waals surface area contributed by atoms with Crippen molar-refractivity contribution >= 4 is 11.5 Å². The monoisotopic (exact) mass is 301 g/mol. The van der Waals surface area contributed by atoms with Crippen molar-refractivity contribution in [2.75, 3.05) is 11.9 Å². The number of rotatable bonds is 5. The van der Waals surface area contributed by atoms with Crippen LogP contribution in [-0.4, -0.2) is 12.8 Å². The van der Waals surface area contributed by atoms with Crippen molar-refractivity contribution < 1.29 is 4.79 Å². The molecule has 0 radical (unpaired) electrons. The molecule has 0 N–H and O–H groups in total. The van der Waals surface area contributed by atoms with Gasteiger partial charge in [-0.3, -0.25) is 4.79 Å². The van der Waals surface area contributed by atoms with Crippen molar-refractivity contribution in [3.8, 4) is 0 Å². The maximum absolute atomic E-state index is 12.4. The maximum atomic E-state index is 12.4. The molecule has 0 aliphatic heterocycles. The number of hydrogen-bond acceptors (Lipinski definition) is 2. The smallest absolute Gasteiger partial charge is 0.193 e. The third kappa shape index (κ3) is 3.67. The molecule has 0 heterocycles. The van der Waals surface area contributed by atoms with Crippen molar-refractivity contribution in [1.29, 1.82) is 0 Å². The van der Waals surface area contributed by atoms with Crippen LogP contribution < -0.4 is 4.90 Å². The topological polar surface area (TPSA) is 20.3 Å². The zero-order chi connectivity index (χ0) is 16.1. The van der Waals surface area contributed by atoms with Gasteiger partial charge in [0.15, 0.2) is 5.78 Å². The summed E-state index contributed by atoms with van der Waals surface area (Å²) in [6.07, 6.45) is 0. The fourth-order valence-corrected chi connectivity index (χ4v) is 2.57. The fraction of sp³-hybridized carbons (Fsp3) is 0.0952. The van der Waals surface area contributed by atoms with Gasteiger partial charge in [0.2, 0.25) is 0 Å². The van der Waals surface area contributed by atoms with E-state index in [1.807, 2.05) is 72.8 Å². The number of nitrogens with zero attached hydrogens (tertiary/aromatic N) is 1. The van der Waals surface area contributed by atoms with Gasteiger partial charge in [0.05, 0.1) is 0 Å². The van der Waals surface area contributed by atoms with Gasteiger partial charge in [-0.25, -0.2) is 0 Å². The number of carbonyl (C=O) groups is 1. The third-order valence-corrected chi connectivity index (χ3v) is 3.87. The minimum atomic E-state index is 0.0635. The highest BCUT2D eigenvalue weighted by atomic mass is 16.1. The summed E-state index contributed by atoms with van der Waals surface area (Å²) >= 11 is 0. The summed E-state index contributed by atoms with van der Waals surface area (Å²) < 4.78 is 0. The van der Waals surface area contributed by atoms with Crippen molar-refractivity contribution in [3.05, 3.63) is 102 Å². The lowest BCUT2D eigenvalue weighted by atomic mass is 10.0. The van der Waals surface area contributed by atoms with Crippen LogP contribution in [0.15, 0.2) is 84.9 Å². The third-order valence-electron chi connectivity index (χ3n) is 3.87. The molecule has 0 aromatic heterocycles. The number of hydrogen-bond donors (Lipinski definition) is 0. The molecule has 0 atom stereocenters. The standard InChI is InChI=1S/C21H19NO/c1-22(20-10-6-3-7-11-20)16-17-12-14-19(15-13-17)21(23)18-8-4-2-5-9-18/h2-15H,16H2,1H3. The zero-order valence-corrected chi connectivity index (χ0v) is 13.1. The summed E-state index contributed by atoms with van der Waals surface area (Å²) in [5.74, 6) is 0.0635. The van der Waals surface area contributed by atoms with E-state index in [0.717, 1.165) is 17.7 Å². The minimum Gasteiger partial charge on any atom is -0.370 e. The van der Waals surface area contributed by atoms with Crippen molar-refractivity contribution in [2.24, 2.45) is 0 Å². The van der Waals surface area contributed by atoms with Crippen LogP contribution in [-0.2, 0) is 6.54 Å². The molecule has 3 aromatic rings. The first-order valence-corrected chi connectivity index (χ1v) is 7.69. The Labute approximate surface area is 137 Å². The molecule has 0 saturated heterocycles. The van der Waals surface area contributed by atoms with E-state index in [4.69, 9.17) is 0 Å². The molecule has 3 aromatic carbocycles. The van der Waals surface area contributed by atoms with Gasteiger partial charge in [0, 0.05) is 30.4 Å². The first kappa shape index (κ1) is 15.0. The Morgan fingerprint density at radius 3 is 1.87 bits per heavy atom. The number of para-hydroxylation sites is 1. The predicted molar refractivity (Wildman–Crippen MR) is 94.9 cm³/mol. The number of carbonyl (C=O) groups excluding carboxylic acids is 1. The lowest BCUT2D eigenvalue weighted by Crippen LogP contribution is -2.16. The molecule has 0 amide bonds. The van der Waals surface area contributed by atoms with E-state index in [9.17, 15) is 4.79 Å². The molecular formula is C21H19NO. The van der Waals surface area contributed by atoms with Gasteiger partial charge in [-0.05, 0) is 17.7 Å². The minimum absolute atomic E-state index is 0.0635. The summed E-state index contributed by atoms with van der Waals surface area (Å²) in [5, 5.41) is 0. The zero-order valence-electron chi connectivity index (χ0n) is 13.1. The molecule has 0 aliphatic rings. The van der Waals surface area contributed by atoms with Gasteiger partial charge in [0.1, 0.15) is 0 Å². The van der Waals surface area contributed by atoms with E-state index in [-0.39, 0.29) is 5.78 Å². The van der Waals surface area contributed by atoms with E-state index in [0.29, 0.717) is 0 Å². The molecule has 0 unspecified atom stereocenters. The average Bonchev–Trinajstić information content (AvgIpc) is 2.63. The molecule has 0 spiro atoms. The molecular weight excluding hydrogens is 282 g/mol. The van der Waals surface area contributed by atoms with Gasteiger partial charge in [0.25, 0.3) is 0 Å². The van der Waals surface area contributed by atoms with E-state index < -0.39 is 0 Å². The highest BCUT2D eigenvalue weighted by Gasteiger charge is 2.08. The van der Waals surface area contributed by atoms with E-state index >= 15 is 0 Å². The maximum Gasteiger partial charge on any atom is 0.193 e. The Morgan fingerprint density at radius 2 is 1.26 bits per heavy atom. The van der Waals surface area contributed by atoms with Crippen molar-refractivity contribution in [3.63, 3.8) is 0 Å². The summed E-state index contributed by atoms with van der Waals surface area (Å²) in [7, 11) is 2.07. The van der Waals surface area contributed by atoms with Crippen molar-refractivity contribution in [1.82, 2.24) is 0 Å². The van der Waals surface area contributed by atoms with Crippen molar-refractivity contribution in [2.45, 2.75) is 6.54 Å². The van der Waals surface area contributed by atoms with Gasteiger partial charge < -0.3 is 4.90 Å². The number of ketones is 1. The summed E-state index contributed by atoms with van der Waals surface area (Å²) in [6.45, 7) is 0.809. The second-order valence-electron chi connectivity index (χ2n) is 5.58. The predicted octanol–water partition coefficient (Wildman–Crippen LogP) is 4.55. The number of anilines is 1. The first-order chi connectivity index (χ1) is 11.2. The Balaban J connectivity index is 1.71. The summed E-state index contributed by atoms with van der Waals surface area (Å²) in [6, 6.07) is 27.5. The summed E-state index contributed by atoms with van der Waals surface area (Å²) in [4.78, 5) is 14.6. The van der Waals surface area contributed by atoms with Gasteiger partial charge in [-0.1, -0.05) is 72.8 Å². The van der Waals surface area contributed by atoms with Crippen LogP contribution in [0.4, 0.5) is 5.69 Å². The second-order valence-corrected chi connectivity index (χ2v) is 5.58. The Hall–Kier alpha value is -2.87. The summed E-state index contributed by atoms with van der Waals surface area (Å²) in [5.41, 5.74) is 3.81.